The number of hydrogen-bond acceptors (Lipinski definition) is 2. The quantitative estimate of drug-likeness (QED) is 0.709. The van der Waals surface area contributed by atoms with Gasteiger partial charge in [0.05, 0.1) is 6.04 Å². The summed E-state index contributed by atoms with van der Waals surface area (Å²) in [6.07, 6.45) is -0.213. The van der Waals surface area contributed by atoms with Gasteiger partial charge in [0.1, 0.15) is 0 Å². The lowest BCUT2D eigenvalue weighted by atomic mass is 9.85. The number of benzene rings is 3. The molecular formula is C23H21NO3. The van der Waals surface area contributed by atoms with Gasteiger partial charge < -0.3 is 5.11 Å². The average Bonchev–Trinajstić information content (AvgIpc) is 2.67. The van der Waals surface area contributed by atoms with Crippen LogP contribution in [0, 0.1) is 0 Å². The molecule has 1 N–H and O–H groups in total. The van der Waals surface area contributed by atoms with Gasteiger partial charge in [0.15, 0.2) is 5.78 Å². The van der Waals surface area contributed by atoms with Crippen molar-refractivity contribution in [2.75, 3.05) is 0 Å². The number of amides is 1. The fraction of sp³-hybridized carbons (Fsp3) is 0.217. The number of ketones is 1. The number of hydrogen-bond donors (Lipinski definition) is 1. The molecule has 0 saturated heterocycles. The normalized spacial score (nSPS) is 17.4. The maximum absolute atomic E-state index is 12.6. The highest BCUT2D eigenvalue weighted by Crippen LogP contribution is 2.33. The van der Waals surface area contributed by atoms with E-state index in [-0.39, 0.29) is 24.3 Å². The van der Waals surface area contributed by atoms with E-state index in [0.717, 1.165) is 27.5 Å². The molecule has 0 radical (unpaired) electrons. The van der Waals surface area contributed by atoms with Gasteiger partial charge in [-0.25, -0.2) is 4.79 Å². The third-order valence-corrected chi connectivity index (χ3v) is 5.50. The Morgan fingerprint density at radius 1 is 1.00 bits per heavy atom. The summed E-state index contributed by atoms with van der Waals surface area (Å²) >= 11 is 0. The number of Topliss-reactive ketones (excluding diaryl/α,β-unsaturated/α-hetero) is 1. The highest BCUT2D eigenvalue weighted by molar-refractivity contribution is 5.99. The van der Waals surface area contributed by atoms with E-state index in [0.29, 0.717) is 6.42 Å². The largest absolute Gasteiger partial charge is 0.465 e. The van der Waals surface area contributed by atoms with Crippen LogP contribution in [-0.2, 0) is 6.42 Å². The summed E-state index contributed by atoms with van der Waals surface area (Å²) in [6, 6.07) is 20.7. The lowest BCUT2D eigenvalue weighted by Gasteiger charge is -2.37. The van der Waals surface area contributed by atoms with E-state index in [4.69, 9.17) is 0 Å². The Bertz CT molecular complexity index is 1020. The Morgan fingerprint density at radius 2 is 1.70 bits per heavy atom. The minimum absolute atomic E-state index is 0.0122. The zero-order valence-corrected chi connectivity index (χ0v) is 15.1. The van der Waals surface area contributed by atoms with Gasteiger partial charge in [-0.2, -0.15) is 0 Å². The first-order valence-corrected chi connectivity index (χ1v) is 9.16. The molecule has 4 nitrogen and oxygen atoms in total. The molecule has 0 aliphatic heterocycles. The minimum Gasteiger partial charge on any atom is -0.465 e. The minimum atomic E-state index is -0.993. The van der Waals surface area contributed by atoms with Crippen molar-refractivity contribution in [2.45, 2.75) is 31.8 Å². The first-order valence-electron chi connectivity index (χ1n) is 9.16. The maximum atomic E-state index is 12.6. The lowest BCUT2D eigenvalue weighted by Crippen LogP contribution is -2.45. The number of carbonyl (C=O) groups is 2. The van der Waals surface area contributed by atoms with Gasteiger partial charge >= 0.3 is 6.09 Å². The predicted molar refractivity (Wildman–Crippen MR) is 105 cm³/mol. The Kier molecular flexibility index (Phi) is 4.40. The molecule has 1 amide bonds. The van der Waals surface area contributed by atoms with Crippen LogP contribution >= 0.6 is 0 Å². The molecular weight excluding hydrogens is 338 g/mol. The molecule has 2 atom stereocenters. The number of nitrogens with zero attached hydrogens (tertiary/aromatic N) is 1. The molecule has 0 fully saturated rings. The molecule has 3 aromatic rings. The van der Waals surface area contributed by atoms with E-state index in [1.165, 1.54) is 4.90 Å². The summed E-state index contributed by atoms with van der Waals surface area (Å²) in [7, 11) is 0. The van der Waals surface area contributed by atoms with Crippen LogP contribution < -0.4 is 0 Å². The van der Waals surface area contributed by atoms with Crippen LogP contribution in [0.15, 0.2) is 66.7 Å². The van der Waals surface area contributed by atoms with Crippen molar-refractivity contribution in [2.24, 2.45) is 0 Å². The molecule has 1 aliphatic carbocycles. The van der Waals surface area contributed by atoms with Crippen molar-refractivity contribution in [1.82, 2.24) is 4.90 Å². The first-order chi connectivity index (χ1) is 13.1. The van der Waals surface area contributed by atoms with Crippen molar-refractivity contribution in [3.8, 4) is 0 Å². The van der Waals surface area contributed by atoms with Gasteiger partial charge in [-0.1, -0.05) is 66.7 Å². The highest BCUT2D eigenvalue weighted by atomic mass is 16.4. The van der Waals surface area contributed by atoms with Gasteiger partial charge in [-0.3, -0.25) is 9.69 Å². The summed E-state index contributed by atoms with van der Waals surface area (Å²) < 4.78 is 0. The van der Waals surface area contributed by atoms with Gasteiger partial charge in [-0.05, 0) is 35.2 Å². The van der Waals surface area contributed by atoms with Crippen LogP contribution in [0.2, 0.25) is 0 Å². The Labute approximate surface area is 158 Å². The van der Waals surface area contributed by atoms with Crippen LogP contribution in [0.1, 0.15) is 40.9 Å². The highest BCUT2D eigenvalue weighted by Gasteiger charge is 2.35. The SMILES string of the molecule is C[C@H](c1cccc2ccccc12)N(C(=O)O)C1CC(=O)c2ccccc2C1. The van der Waals surface area contributed by atoms with Crippen LogP contribution in [0.5, 0.6) is 0 Å². The summed E-state index contributed by atoms with van der Waals surface area (Å²) in [6.45, 7) is 1.90. The molecule has 3 aromatic carbocycles. The molecule has 0 spiro atoms. The molecule has 0 aromatic heterocycles. The van der Waals surface area contributed by atoms with Crippen molar-refractivity contribution in [1.29, 1.82) is 0 Å². The molecule has 1 aliphatic rings. The topological polar surface area (TPSA) is 57.6 Å². The number of carboxylic acid groups (broad SMARTS) is 1. The van der Waals surface area contributed by atoms with Gasteiger partial charge in [0.2, 0.25) is 0 Å². The maximum Gasteiger partial charge on any atom is 0.408 e. The van der Waals surface area contributed by atoms with Gasteiger partial charge in [0, 0.05) is 18.0 Å². The molecule has 0 heterocycles. The van der Waals surface area contributed by atoms with Crippen LogP contribution in [0.3, 0.4) is 0 Å². The second-order valence-electron chi connectivity index (χ2n) is 7.08. The van der Waals surface area contributed by atoms with E-state index in [9.17, 15) is 14.7 Å². The van der Waals surface area contributed by atoms with Crippen molar-refractivity contribution >= 4 is 22.6 Å². The number of carbonyl (C=O) groups excluding carboxylic acids is 1. The molecule has 4 rings (SSSR count). The zero-order chi connectivity index (χ0) is 19.0. The Hall–Kier alpha value is -3.14. The molecule has 27 heavy (non-hydrogen) atoms. The van der Waals surface area contributed by atoms with E-state index < -0.39 is 6.09 Å². The van der Waals surface area contributed by atoms with Crippen molar-refractivity contribution in [3.63, 3.8) is 0 Å². The van der Waals surface area contributed by atoms with Crippen LogP contribution in [0.4, 0.5) is 4.79 Å². The van der Waals surface area contributed by atoms with E-state index in [1.807, 2.05) is 73.7 Å². The van der Waals surface area contributed by atoms with Crippen LogP contribution in [0.25, 0.3) is 10.8 Å². The Balaban J connectivity index is 1.73. The fourth-order valence-corrected chi connectivity index (χ4v) is 4.22. The number of fused-ring (bicyclic) bond motifs is 2. The second-order valence-corrected chi connectivity index (χ2v) is 7.08. The Morgan fingerprint density at radius 3 is 2.52 bits per heavy atom. The third kappa shape index (κ3) is 3.08. The molecule has 4 heteroatoms. The molecule has 0 bridgehead atoms. The monoisotopic (exact) mass is 359 g/mol. The lowest BCUT2D eigenvalue weighted by molar-refractivity contribution is 0.0803. The predicted octanol–water partition coefficient (Wildman–Crippen LogP) is 5.08. The summed E-state index contributed by atoms with van der Waals surface area (Å²) in [5.74, 6) is 0.0122. The van der Waals surface area contributed by atoms with E-state index in [2.05, 4.69) is 0 Å². The standard InChI is InChI=1S/C23H21NO3/c1-15(19-12-6-9-16-7-2-4-10-20(16)19)24(23(26)27)18-13-17-8-3-5-11-21(17)22(25)14-18/h2-12,15,18H,13-14H2,1H3,(H,26,27)/t15-,18?/m1/s1. The van der Waals surface area contributed by atoms with Crippen LogP contribution in [-0.4, -0.2) is 27.9 Å². The molecule has 136 valence electrons. The van der Waals surface area contributed by atoms with Crippen molar-refractivity contribution in [3.05, 3.63) is 83.4 Å². The average molecular weight is 359 g/mol. The van der Waals surface area contributed by atoms with Gasteiger partial charge in [-0.15, -0.1) is 0 Å². The van der Waals surface area contributed by atoms with Gasteiger partial charge in [0.25, 0.3) is 0 Å². The second kappa shape index (κ2) is 6.88. The summed E-state index contributed by atoms with van der Waals surface area (Å²) in [4.78, 5) is 26.2. The summed E-state index contributed by atoms with van der Waals surface area (Å²) in [5, 5.41) is 12.1. The zero-order valence-electron chi connectivity index (χ0n) is 15.1. The summed E-state index contributed by atoms with van der Waals surface area (Å²) in [5.41, 5.74) is 2.61. The smallest absolute Gasteiger partial charge is 0.408 e. The van der Waals surface area contributed by atoms with E-state index in [1.54, 1.807) is 0 Å². The third-order valence-electron chi connectivity index (χ3n) is 5.50. The fourth-order valence-electron chi connectivity index (χ4n) is 4.22. The van der Waals surface area contributed by atoms with E-state index >= 15 is 0 Å². The van der Waals surface area contributed by atoms with Crippen molar-refractivity contribution < 1.29 is 14.7 Å². The molecule has 0 saturated carbocycles. The molecule has 1 unspecified atom stereocenters. The number of rotatable bonds is 3. The first kappa shape index (κ1) is 17.3.